The second-order valence-electron chi connectivity index (χ2n) is 7.22. The van der Waals surface area contributed by atoms with Crippen LogP contribution in [0.3, 0.4) is 0 Å². The fraction of sp³-hybridized carbons (Fsp3) is 0.450. The van der Waals surface area contributed by atoms with Gasteiger partial charge in [-0.3, -0.25) is 4.79 Å². The van der Waals surface area contributed by atoms with Crippen LogP contribution >= 0.6 is 11.6 Å². The molecule has 6 nitrogen and oxygen atoms in total. The van der Waals surface area contributed by atoms with Crippen molar-refractivity contribution in [2.45, 2.75) is 45.2 Å². The number of fused-ring (bicyclic) bond motifs is 1. The Morgan fingerprint density at radius 2 is 2.07 bits per heavy atom. The summed E-state index contributed by atoms with van der Waals surface area (Å²) < 4.78 is 0. The van der Waals surface area contributed by atoms with Crippen LogP contribution in [0.2, 0.25) is 5.02 Å². The predicted molar refractivity (Wildman–Crippen MR) is 108 cm³/mol. The van der Waals surface area contributed by atoms with Gasteiger partial charge in [0, 0.05) is 36.1 Å². The molecule has 3 rings (SSSR count). The van der Waals surface area contributed by atoms with Crippen molar-refractivity contribution in [2.24, 2.45) is 5.73 Å². The summed E-state index contributed by atoms with van der Waals surface area (Å²) in [5.41, 5.74) is 9.00. The van der Waals surface area contributed by atoms with Gasteiger partial charge in [-0.25, -0.2) is 9.97 Å². The van der Waals surface area contributed by atoms with Gasteiger partial charge in [0.1, 0.15) is 0 Å². The highest BCUT2D eigenvalue weighted by atomic mass is 35.5. The van der Waals surface area contributed by atoms with Crippen molar-refractivity contribution in [3.63, 3.8) is 0 Å². The molecular formula is C20H26ClN5O. The molecule has 0 unspecified atom stereocenters. The summed E-state index contributed by atoms with van der Waals surface area (Å²) in [5.74, 6) is 0.696. The molecule has 0 aliphatic carbocycles. The van der Waals surface area contributed by atoms with E-state index in [9.17, 15) is 4.79 Å². The number of anilines is 1. The number of amides is 1. The first-order valence-corrected chi connectivity index (χ1v) is 9.68. The molecule has 7 heteroatoms. The zero-order valence-electron chi connectivity index (χ0n) is 15.8. The number of halogens is 1. The van der Waals surface area contributed by atoms with Crippen LogP contribution in [0.25, 0.3) is 0 Å². The molecule has 1 aromatic carbocycles. The summed E-state index contributed by atoms with van der Waals surface area (Å²) in [6, 6.07) is 7.81. The molecule has 0 bridgehead atoms. The Balaban J connectivity index is 1.68. The number of nitrogens with two attached hydrogens (primary N) is 1. The van der Waals surface area contributed by atoms with E-state index in [4.69, 9.17) is 17.3 Å². The molecule has 27 heavy (non-hydrogen) atoms. The van der Waals surface area contributed by atoms with Crippen molar-refractivity contribution >= 4 is 23.5 Å². The smallest absolute Gasteiger partial charge is 0.223 e. The summed E-state index contributed by atoms with van der Waals surface area (Å²) in [4.78, 5) is 23.7. The Kier molecular flexibility index (Phi) is 6.29. The van der Waals surface area contributed by atoms with Crippen LogP contribution in [-0.2, 0) is 17.8 Å². The van der Waals surface area contributed by atoms with Crippen LogP contribution in [0, 0.1) is 0 Å². The van der Waals surface area contributed by atoms with Crippen molar-refractivity contribution in [2.75, 3.05) is 18.4 Å². The van der Waals surface area contributed by atoms with Crippen molar-refractivity contribution in [3.05, 3.63) is 52.3 Å². The number of carbonyl (C=O) groups is 1. The lowest BCUT2D eigenvalue weighted by Gasteiger charge is -2.29. The first kappa shape index (κ1) is 19.6. The Labute approximate surface area is 165 Å². The summed E-state index contributed by atoms with van der Waals surface area (Å²) >= 11 is 5.96. The Bertz CT molecular complexity index is 793. The zero-order chi connectivity index (χ0) is 19.4. The van der Waals surface area contributed by atoms with Crippen LogP contribution in [0.5, 0.6) is 0 Å². The van der Waals surface area contributed by atoms with Gasteiger partial charge in [0.15, 0.2) is 0 Å². The van der Waals surface area contributed by atoms with Crippen LogP contribution in [0.4, 0.5) is 5.95 Å². The molecule has 1 atom stereocenters. The molecule has 2 heterocycles. The second kappa shape index (κ2) is 8.67. The quantitative estimate of drug-likeness (QED) is 0.796. The minimum absolute atomic E-state index is 0.0141. The monoisotopic (exact) mass is 387 g/mol. The van der Waals surface area contributed by atoms with E-state index in [0.717, 1.165) is 23.2 Å². The van der Waals surface area contributed by atoms with Crippen molar-refractivity contribution in [3.8, 4) is 0 Å². The van der Waals surface area contributed by atoms with E-state index in [-0.39, 0.29) is 17.9 Å². The van der Waals surface area contributed by atoms with Gasteiger partial charge in [-0.2, -0.15) is 0 Å². The van der Waals surface area contributed by atoms with Crippen LogP contribution in [-0.4, -0.2) is 39.9 Å². The minimum atomic E-state index is -0.0141. The lowest BCUT2D eigenvalue weighted by atomic mass is 9.94. The summed E-state index contributed by atoms with van der Waals surface area (Å²) in [7, 11) is 0. The zero-order valence-corrected chi connectivity index (χ0v) is 16.5. The highest BCUT2D eigenvalue weighted by molar-refractivity contribution is 6.30. The Morgan fingerprint density at radius 1 is 1.33 bits per heavy atom. The van der Waals surface area contributed by atoms with Crippen molar-refractivity contribution in [1.82, 2.24) is 14.9 Å². The third-order valence-corrected chi connectivity index (χ3v) is 5.02. The number of benzene rings is 1. The summed E-state index contributed by atoms with van der Waals surface area (Å²) in [5, 5.41) is 3.89. The fourth-order valence-electron chi connectivity index (χ4n) is 3.26. The van der Waals surface area contributed by atoms with Gasteiger partial charge < -0.3 is 16.0 Å². The van der Waals surface area contributed by atoms with E-state index in [0.29, 0.717) is 37.0 Å². The van der Waals surface area contributed by atoms with Crippen LogP contribution < -0.4 is 11.1 Å². The van der Waals surface area contributed by atoms with Crippen molar-refractivity contribution < 1.29 is 4.79 Å². The largest absolute Gasteiger partial charge is 0.352 e. The molecule has 3 N–H and O–H groups in total. The topological polar surface area (TPSA) is 84.1 Å². The van der Waals surface area contributed by atoms with Crippen molar-refractivity contribution in [1.29, 1.82) is 0 Å². The molecule has 2 aromatic rings. The molecular weight excluding hydrogens is 362 g/mol. The first-order chi connectivity index (χ1) is 13.0. The fourth-order valence-corrected chi connectivity index (χ4v) is 3.38. The summed E-state index contributed by atoms with van der Waals surface area (Å²) in [6.07, 6.45) is 3.03. The van der Waals surface area contributed by atoms with Crippen LogP contribution in [0.15, 0.2) is 30.5 Å². The number of aromatic nitrogens is 2. The van der Waals surface area contributed by atoms with E-state index in [1.165, 1.54) is 0 Å². The third kappa shape index (κ3) is 4.96. The number of carbonyl (C=O) groups excluding carboxylic acids is 1. The number of nitrogens with zero attached hydrogens (tertiary/aromatic N) is 3. The van der Waals surface area contributed by atoms with Gasteiger partial charge in [0.05, 0.1) is 12.2 Å². The normalized spacial score (nSPS) is 14.8. The first-order valence-electron chi connectivity index (χ1n) is 9.31. The molecule has 144 valence electrons. The minimum Gasteiger partial charge on any atom is -0.352 e. The molecule has 0 spiro atoms. The van der Waals surface area contributed by atoms with Gasteiger partial charge in [0.2, 0.25) is 11.9 Å². The van der Waals surface area contributed by atoms with Gasteiger partial charge in [-0.1, -0.05) is 23.7 Å². The van der Waals surface area contributed by atoms with Gasteiger partial charge >= 0.3 is 0 Å². The van der Waals surface area contributed by atoms with Gasteiger partial charge in [0.25, 0.3) is 0 Å². The molecule has 1 aromatic heterocycles. The molecule has 1 aliphatic heterocycles. The van der Waals surface area contributed by atoms with Gasteiger partial charge in [-0.15, -0.1) is 0 Å². The van der Waals surface area contributed by atoms with Gasteiger partial charge in [-0.05, 0) is 50.1 Å². The van der Waals surface area contributed by atoms with E-state index in [2.05, 4.69) is 15.3 Å². The SMILES string of the molecule is CC(C)Nc1ncc2c(n1)CN(C(=O)C[C@H](CN)c1ccc(Cl)cc1)CC2. The molecule has 1 amide bonds. The molecule has 0 radical (unpaired) electrons. The average Bonchev–Trinajstić information content (AvgIpc) is 2.65. The Morgan fingerprint density at radius 3 is 2.74 bits per heavy atom. The number of hydrogen-bond donors (Lipinski definition) is 2. The lowest BCUT2D eigenvalue weighted by molar-refractivity contribution is -0.132. The maximum absolute atomic E-state index is 12.9. The van der Waals surface area contributed by atoms with E-state index in [1.807, 2.05) is 49.2 Å². The highest BCUT2D eigenvalue weighted by Crippen LogP contribution is 2.24. The average molecular weight is 388 g/mol. The number of hydrogen-bond acceptors (Lipinski definition) is 5. The third-order valence-electron chi connectivity index (χ3n) is 4.76. The summed E-state index contributed by atoms with van der Waals surface area (Å²) in [6.45, 7) is 5.71. The number of rotatable bonds is 6. The standard InChI is InChI=1S/C20H26ClN5O/c1-13(2)24-20-23-11-15-7-8-26(12-18(15)25-20)19(27)9-16(10-22)14-3-5-17(21)6-4-14/h3-6,11,13,16H,7-10,12,22H2,1-2H3,(H,23,24,25)/t16-/m1/s1. The lowest BCUT2D eigenvalue weighted by Crippen LogP contribution is -2.38. The molecule has 1 aliphatic rings. The molecule has 0 saturated carbocycles. The maximum Gasteiger partial charge on any atom is 0.223 e. The predicted octanol–water partition coefficient (Wildman–Crippen LogP) is 2.97. The highest BCUT2D eigenvalue weighted by Gasteiger charge is 2.25. The second-order valence-corrected chi connectivity index (χ2v) is 7.65. The van der Waals surface area contributed by atoms with E-state index in [1.54, 1.807) is 0 Å². The van der Waals surface area contributed by atoms with E-state index < -0.39 is 0 Å². The molecule has 0 saturated heterocycles. The van der Waals surface area contributed by atoms with E-state index >= 15 is 0 Å². The molecule has 0 fully saturated rings. The maximum atomic E-state index is 12.9. The Hall–Kier alpha value is -2.18. The number of nitrogens with one attached hydrogen (secondary N) is 1. The van der Waals surface area contributed by atoms with Crippen LogP contribution in [0.1, 0.15) is 43.0 Å².